The molecule has 0 atom stereocenters. The molecule has 0 radical (unpaired) electrons. The van der Waals surface area contributed by atoms with Crippen LogP contribution in [0.4, 0.5) is 24.8 Å². The fourth-order valence-corrected chi connectivity index (χ4v) is 2.30. The summed E-state index contributed by atoms with van der Waals surface area (Å²) in [5.41, 5.74) is -0.464. The van der Waals surface area contributed by atoms with Gasteiger partial charge in [0.25, 0.3) is 6.47 Å². The summed E-state index contributed by atoms with van der Waals surface area (Å²) in [7, 11) is 0. The summed E-state index contributed by atoms with van der Waals surface area (Å²) in [5, 5.41) is 13.1. The van der Waals surface area contributed by atoms with Crippen LogP contribution >= 0.6 is 11.6 Å². The van der Waals surface area contributed by atoms with Gasteiger partial charge in [-0.05, 0) is 23.6 Å². The number of carboxylic acid groups (broad SMARTS) is 1. The van der Waals surface area contributed by atoms with E-state index in [2.05, 4.69) is 20.6 Å². The van der Waals surface area contributed by atoms with Gasteiger partial charge in [-0.3, -0.25) is 4.79 Å². The van der Waals surface area contributed by atoms with Crippen molar-refractivity contribution in [3.8, 4) is 0 Å². The maximum Gasteiger partial charge on any atom is 0.433 e. The van der Waals surface area contributed by atoms with Crippen LogP contribution in [0, 0.1) is 5.41 Å². The highest BCUT2D eigenvalue weighted by molar-refractivity contribution is 6.30. The first kappa shape index (κ1) is 23.6. The average Bonchev–Trinajstić information content (AvgIpc) is 2.55. The molecule has 3 N–H and O–H groups in total. The number of rotatable bonds is 5. The third-order valence-electron chi connectivity index (χ3n) is 3.18. The van der Waals surface area contributed by atoms with Gasteiger partial charge in [0, 0.05) is 35.6 Å². The lowest BCUT2D eigenvalue weighted by Gasteiger charge is -2.20. The number of halogens is 4. The lowest BCUT2D eigenvalue weighted by molar-refractivity contribution is -0.141. The minimum atomic E-state index is -4.56. The maximum atomic E-state index is 13.3. The number of aromatic nitrogens is 2. The Labute approximate surface area is 166 Å². The molecule has 154 valence electrons. The summed E-state index contributed by atoms with van der Waals surface area (Å²) in [6.07, 6.45) is -3.37. The van der Waals surface area contributed by atoms with Gasteiger partial charge in [-0.2, -0.15) is 13.2 Å². The molecule has 28 heavy (non-hydrogen) atoms. The second kappa shape index (κ2) is 10.2. The maximum absolute atomic E-state index is 13.3. The van der Waals surface area contributed by atoms with Crippen molar-refractivity contribution in [3.05, 3.63) is 46.7 Å². The van der Waals surface area contributed by atoms with E-state index in [1.54, 1.807) is 24.3 Å². The van der Waals surface area contributed by atoms with E-state index < -0.39 is 11.9 Å². The van der Waals surface area contributed by atoms with Crippen LogP contribution in [0.2, 0.25) is 5.02 Å². The Morgan fingerprint density at radius 3 is 2.43 bits per heavy atom. The summed E-state index contributed by atoms with van der Waals surface area (Å²) in [6.45, 7) is 6.37. The Kier molecular flexibility index (Phi) is 8.64. The van der Waals surface area contributed by atoms with Crippen LogP contribution in [-0.4, -0.2) is 28.1 Å². The molecule has 6 nitrogen and oxygen atoms in total. The second-order valence-corrected chi connectivity index (χ2v) is 7.41. The number of benzene rings is 1. The summed E-state index contributed by atoms with van der Waals surface area (Å²) in [6, 6.07) is 6.59. The van der Waals surface area contributed by atoms with Gasteiger partial charge in [-0.15, -0.1) is 0 Å². The minimum absolute atomic E-state index is 0.00777. The molecule has 0 saturated heterocycles. The monoisotopic (exact) mass is 418 g/mol. The van der Waals surface area contributed by atoms with Gasteiger partial charge < -0.3 is 15.7 Å². The van der Waals surface area contributed by atoms with Crippen LogP contribution in [0.5, 0.6) is 0 Å². The Hall–Kier alpha value is -2.39. The molecule has 10 heteroatoms. The number of nitrogens with one attached hydrogen (secondary N) is 2. The van der Waals surface area contributed by atoms with Gasteiger partial charge >= 0.3 is 6.18 Å². The molecule has 2 aromatic rings. The lowest BCUT2D eigenvalue weighted by atomic mass is 9.97. The van der Waals surface area contributed by atoms with Gasteiger partial charge in [-0.25, -0.2) is 9.97 Å². The van der Waals surface area contributed by atoms with Gasteiger partial charge in [0.2, 0.25) is 5.95 Å². The molecule has 0 aliphatic heterocycles. The molecular formula is C18H22ClF3N4O2. The quantitative estimate of drug-likeness (QED) is 0.608. The minimum Gasteiger partial charge on any atom is -0.483 e. The fraction of sp³-hybridized carbons (Fsp3) is 0.389. The van der Waals surface area contributed by atoms with Crippen molar-refractivity contribution in [2.45, 2.75) is 33.5 Å². The van der Waals surface area contributed by atoms with E-state index >= 15 is 0 Å². The van der Waals surface area contributed by atoms with Crippen LogP contribution < -0.4 is 10.6 Å². The van der Waals surface area contributed by atoms with E-state index in [9.17, 15) is 13.2 Å². The van der Waals surface area contributed by atoms with Gasteiger partial charge in [0.05, 0.1) is 0 Å². The fourth-order valence-electron chi connectivity index (χ4n) is 2.11. The third-order valence-corrected chi connectivity index (χ3v) is 3.42. The summed E-state index contributed by atoms with van der Waals surface area (Å²) in [4.78, 5) is 16.0. The van der Waals surface area contributed by atoms with E-state index in [4.69, 9.17) is 21.5 Å². The van der Waals surface area contributed by atoms with E-state index in [-0.39, 0.29) is 29.9 Å². The van der Waals surface area contributed by atoms with Crippen molar-refractivity contribution in [2.24, 2.45) is 5.41 Å². The molecule has 1 heterocycles. The third kappa shape index (κ3) is 8.53. The number of anilines is 2. The van der Waals surface area contributed by atoms with Gasteiger partial charge in [-0.1, -0.05) is 38.4 Å². The van der Waals surface area contributed by atoms with Crippen molar-refractivity contribution in [2.75, 3.05) is 11.9 Å². The van der Waals surface area contributed by atoms with Crippen LogP contribution in [0.1, 0.15) is 32.0 Å². The zero-order valence-corrected chi connectivity index (χ0v) is 16.4. The zero-order chi connectivity index (χ0) is 21.4. The van der Waals surface area contributed by atoms with Crippen molar-refractivity contribution >= 4 is 29.7 Å². The molecule has 2 rings (SSSR count). The van der Waals surface area contributed by atoms with E-state index in [1.165, 1.54) is 6.20 Å². The van der Waals surface area contributed by atoms with Crippen molar-refractivity contribution in [1.82, 2.24) is 15.3 Å². The molecular weight excluding hydrogens is 397 g/mol. The van der Waals surface area contributed by atoms with Gasteiger partial charge in [0.1, 0.15) is 0 Å². The first-order valence-corrected chi connectivity index (χ1v) is 8.58. The molecule has 0 spiro atoms. The number of hydrogen-bond acceptors (Lipinski definition) is 5. The van der Waals surface area contributed by atoms with Gasteiger partial charge in [0.15, 0.2) is 5.69 Å². The summed E-state index contributed by atoms with van der Waals surface area (Å²) in [5.74, 6) is -0.130. The largest absolute Gasteiger partial charge is 0.483 e. The highest BCUT2D eigenvalue weighted by Gasteiger charge is 2.36. The molecule has 1 aromatic heterocycles. The highest BCUT2D eigenvalue weighted by Crippen LogP contribution is 2.31. The topological polar surface area (TPSA) is 87.1 Å². The average molecular weight is 419 g/mol. The van der Waals surface area contributed by atoms with Crippen LogP contribution in [0.25, 0.3) is 0 Å². The smallest absolute Gasteiger partial charge is 0.433 e. The molecule has 0 saturated carbocycles. The number of hydrogen-bond donors (Lipinski definition) is 3. The zero-order valence-electron chi connectivity index (χ0n) is 15.6. The predicted molar refractivity (Wildman–Crippen MR) is 102 cm³/mol. The van der Waals surface area contributed by atoms with Crippen LogP contribution in [-0.2, 0) is 17.5 Å². The standard InChI is InChI=1S/C17H20ClF3N4.CH2O2/c1-16(2,3)10-22-8-11-9-23-15(25-14(11)17(19,20)21)24-13-6-4-5-12(18)7-13;2-1-3/h4-7,9,22H,8,10H2,1-3H3,(H,23,24,25);1H,(H,2,3). The molecule has 0 unspecified atom stereocenters. The normalized spacial score (nSPS) is 11.4. The van der Waals surface area contributed by atoms with Crippen molar-refractivity contribution in [3.63, 3.8) is 0 Å². The molecule has 0 fully saturated rings. The van der Waals surface area contributed by atoms with E-state index in [0.29, 0.717) is 17.3 Å². The number of carbonyl (C=O) groups is 1. The lowest BCUT2D eigenvalue weighted by Crippen LogP contribution is -2.28. The molecule has 0 bridgehead atoms. The Balaban J connectivity index is 0.00000122. The van der Waals surface area contributed by atoms with E-state index in [0.717, 1.165) is 0 Å². The number of nitrogens with zero attached hydrogens (tertiary/aromatic N) is 2. The summed E-state index contributed by atoms with van der Waals surface area (Å²) >= 11 is 5.87. The van der Waals surface area contributed by atoms with E-state index in [1.807, 2.05) is 20.8 Å². The van der Waals surface area contributed by atoms with Crippen molar-refractivity contribution in [1.29, 1.82) is 0 Å². The second-order valence-electron chi connectivity index (χ2n) is 6.97. The molecule has 0 aliphatic carbocycles. The highest BCUT2D eigenvalue weighted by atomic mass is 35.5. The Bertz CT molecular complexity index is 780. The molecule has 1 aromatic carbocycles. The summed E-state index contributed by atoms with van der Waals surface area (Å²) < 4.78 is 40.0. The van der Waals surface area contributed by atoms with Crippen LogP contribution in [0.3, 0.4) is 0 Å². The van der Waals surface area contributed by atoms with Crippen molar-refractivity contribution < 1.29 is 23.1 Å². The first-order chi connectivity index (χ1) is 13.0. The molecule has 0 aliphatic rings. The SMILES string of the molecule is CC(C)(C)CNCc1cnc(Nc2cccc(Cl)c2)nc1C(F)(F)F.O=CO. The number of alkyl halides is 3. The first-order valence-electron chi connectivity index (χ1n) is 8.20. The predicted octanol–water partition coefficient (Wildman–Crippen LogP) is 4.73. The molecule has 0 amide bonds. The Morgan fingerprint density at radius 2 is 1.89 bits per heavy atom. The van der Waals surface area contributed by atoms with Crippen LogP contribution in [0.15, 0.2) is 30.5 Å². The Morgan fingerprint density at radius 1 is 1.25 bits per heavy atom.